The molecule has 0 saturated heterocycles. The van der Waals surface area contributed by atoms with Gasteiger partial charge in [-0.1, -0.05) is 12.2 Å². The van der Waals surface area contributed by atoms with Crippen LogP contribution in [0.2, 0.25) is 0 Å². The molecule has 0 aromatic carbocycles. The van der Waals surface area contributed by atoms with Crippen molar-refractivity contribution in [3.63, 3.8) is 0 Å². The molecule has 0 heterocycles. The zero-order valence-electron chi connectivity index (χ0n) is 12.5. The number of rotatable bonds is 10. The van der Waals surface area contributed by atoms with Crippen LogP contribution in [0.1, 0.15) is 38.5 Å². The molecule has 2 aliphatic carbocycles. The third-order valence-corrected chi connectivity index (χ3v) is 4.39. The topological polar surface area (TPSA) is 49.6 Å². The fourth-order valence-electron chi connectivity index (χ4n) is 2.44. The van der Waals surface area contributed by atoms with Crippen molar-refractivity contribution in [3.8, 4) is 0 Å². The van der Waals surface area contributed by atoms with Crippen LogP contribution in [-0.4, -0.2) is 53.9 Å². The Morgan fingerprint density at radius 2 is 1.65 bits per heavy atom. The maximum Gasteiger partial charge on any atom is 0.223 e. The lowest BCUT2D eigenvalue weighted by atomic mass is 10.2. The van der Waals surface area contributed by atoms with Gasteiger partial charge in [-0.15, -0.1) is 0 Å². The van der Waals surface area contributed by atoms with Gasteiger partial charge in [-0.05, 0) is 37.5 Å². The molecule has 4 nitrogen and oxygen atoms in total. The number of hydrogen-bond acceptors (Lipinski definition) is 3. The van der Waals surface area contributed by atoms with Crippen LogP contribution in [0.4, 0.5) is 0 Å². The number of hydrogen-bond donors (Lipinski definition) is 1. The number of carbonyl (C=O) groups is 1. The molecule has 2 saturated carbocycles. The van der Waals surface area contributed by atoms with Gasteiger partial charge in [0.1, 0.15) is 0 Å². The van der Waals surface area contributed by atoms with Gasteiger partial charge in [0.15, 0.2) is 0 Å². The third kappa shape index (κ3) is 6.18. The first-order valence-corrected chi connectivity index (χ1v) is 8.20. The van der Waals surface area contributed by atoms with Crippen molar-refractivity contribution < 1.29 is 4.79 Å². The predicted octanol–water partition coefficient (Wildman–Crippen LogP) is 1.63. The average Bonchev–Trinajstić information content (AvgIpc) is 3.28. The van der Waals surface area contributed by atoms with Gasteiger partial charge in [0.2, 0.25) is 5.91 Å². The first-order chi connectivity index (χ1) is 9.54. The quantitative estimate of drug-likeness (QED) is 0.623. The van der Waals surface area contributed by atoms with Crippen molar-refractivity contribution >= 4 is 23.1 Å². The molecule has 114 valence electrons. The lowest BCUT2D eigenvalue weighted by molar-refractivity contribution is -0.130. The molecule has 0 spiro atoms. The van der Waals surface area contributed by atoms with Crippen LogP contribution in [0, 0.1) is 11.8 Å². The first-order valence-electron chi connectivity index (χ1n) is 7.79. The molecule has 0 radical (unpaired) electrons. The number of carbonyl (C=O) groups excluding carboxylic acids is 1. The highest BCUT2D eigenvalue weighted by atomic mass is 32.1. The zero-order valence-corrected chi connectivity index (χ0v) is 13.3. The van der Waals surface area contributed by atoms with Crippen LogP contribution in [-0.2, 0) is 4.79 Å². The largest absolute Gasteiger partial charge is 0.393 e. The summed E-state index contributed by atoms with van der Waals surface area (Å²) in [5, 5.41) is 0. The maximum atomic E-state index is 12.1. The van der Waals surface area contributed by atoms with E-state index in [1.54, 1.807) is 4.90 Å². The van der Waals surface area contributed by atoms with E-state index < -0.39 is 0 Å². The smallest absolute Gasteiger partial charge is 0.223 e. The standard InChI is InChI=1S/C15H27N3OS/c1-17(8-6-14(16)20)15(19)7-9-18(10-12-2-3-12)11-13-4-5-13/h12-13H,2-11H2,1H3,(H2,16,20). The van der Waals surface area contributed by atoms with E-state index in [1.807, 2.05) is 7.05 Å². The Morgan fingerprint density at radius 1 is 1.10 bits per heavy atom. The molecule has 2 fully saturated rings. The van der Waals surface area contributed by atoms with Gasteiger partial charge in [-0.2, -0.15) is 0 Å². The van der Waals surface area contributed by atoms with Gasteiger partial charge in [-0.25, -0.2) is 0 Å². The third-order valence-electron chi connectivity index (χ3n) is 4.19. The number of nitrogens with zero attached hydrogens (tertiary/aromatic N) is 2. The summed E-state index contributed by atoms with van der Waals surface area (Å²) in [6, 6.07) is 0. The molecule has 2 aliphatic rings. The number of thiocarbonyl (C=S) groups is 1. The van der Waals surface area contributed by atoms with Crippen LogP contribution in [0.25, 0.3) is 0 Å². The Balaban J connectivity index is 1.66. The summed E-state index contributed by atoms with van der Waals surface area (Å²) in [6.45, 7) is 3.93. The van der Waals surface area contributed by atoms with E-state index in [4.69, 9.17) is 18.0 Å². The number of amides is 1. The normalized spacial score (nSPS) is 18.3. The minimum Gasteiger partial charge on any atom is -0.393 e. The predicted molar refractivity (Wildman–Crippen MR) is 85.5 cm³/mol. The van der Waals surface area contributed by atoms with E-state index in [2.05, 4.69) is 4.90 Å². The molecule has 0 atom stereocenters. The molecular weight excluding hydrogens is 270 g/mol. The van der Waals surface area contributed by atoms with Crippen LogP contribution < -0.4 is 5.73 Å². The fraction of sp³-hybridized carbons (Fsp3) is 0.867. The lowest BCUT2D eigenvalue weighted by Crippen LogP contribution is -2.35. The summed E-state index contributed by atoms with van der Waals surface area (Å²) in [6.07, 6.45) is 6.75. The van der Waals surface area contributed by atoms with Gasteiger partial charge in [0, 0.05) is 46.1 Å². The summed E-state index contributed by atoms with van der Waals surface area (Å²) >= 11 is 4.85. The molecule has 20 heavy (non-hydrogen) atoms. The van der Waals surface area contributed by atoms with Crippen LogP contribution >= 0.6 is 12.2 Å². The van der Waals surface area contributed by atoms with E-state index in [1.165, 1.54) is 38.8 Å². The Labute approximate surface area is 127 Å². The van der Waals surface area contributed by atoms with Crippen molar-refractivity contribution in [2.45, 2.75) is 38.5 Å². The fourth-order valence-corrected chi connectivity index (χ4v) is 2.53. The van der Waals surface area contributed by atoms with Crippen LogP contribution in [0.5, 0.6) is 0 Å². The molecular formula is C15H27N3OS. The van der Waals surface area contributed by atoms with Crippen molar-refractivity contribution in [1.29, 1.82) is 0 Å². The van der Waals surface area contributed by atoms with E-state index in [0.717, 1.165) is 18.4 Å². The lowest BCUT2D eigenvalue weighted by Gasteiger charge is -2.23. The highest BCUT2D eigenvalue weighted by molar-refractivity contribution is 7.80. The molecule has 2 N–H and O–H groups in total. The second-order valence-corrected chi connectivity index (χ2v) is 6.95. The van der Waals surface area contributed by atoms with E-state index in [9.17, 15) is 4.79 Å². The molecule has 0 aromatic rings. The van der Waals surface area contributed by atoms with Gasteiger partial charge in [0.05, 0.1) is 4.99 Å². The summed E-state index contributed by atoms with van der Waals surface area (Å²) in [5.74, 6) is 2.00. The van der Waals surface area contributed by atoms with Gasteiger partial charge >= 0.3 is 0 Å². The minimum absolute atomic E-state index is 0.206. The SMILES string of the molecule is CN(CCC(N)=S)C(=O)CCN(CC1CC1)CC1CC1. The van der Waals surface area contributed by atoms with Crippen LogP contribution in [0.15, 0.2) is 0 Å². The van der Waals surface area contributed by atoms with Gasteiger partial charge < -0.3 is 15.5 Å². The number of nitrogens with two attached hydrogens (primary N) is 1. The van der Waals surface area contributed by atoms with E-state index in [-0.39, 0.29) is 5.91 Å². The summed E-state index contributed by atoms with van der Waals surface area (Å²) in [7, 11) is 1.84. The van der Waals surface area contributed by atoms with Crippen molar-refractivity contribution in [2.75, 3.05) is 33.2 Å². The maximum absolute atomic E-state index is 12.1. The Bertz CT molecular complexity index is 339. The van der Waals surface area contributed by atoms with E-state index in [0.29, 0.717) is 24.4 Å². The monoisotopic (exact) mass is 297 g/mol. The molecule has 0 unspecified atom stereocenters. The molecule has 2 rings (SSSR count). The Kier molecular flexibility index (Phi) is 5.78. The summed E-state index contributed by atoms with van der Waals surface area (Å²) in [5.41, 5.74) is 5.47. The zero-order chi connectivity index (χ0) is 14.5. The first kappa shape index (κ1) is 15.7. The van der Waals surface area contributed by atoms with Crippen molar-refractivity contribution in [1.82, 2.24) is 9.80 Å². The molecule has 0 bridgehead atoms. The molecule has 0 aliphatic heterocycles. The van der Waals surface area contributed by atoms with Crippen molar-refractivity contribution in [3.05, 3.63) is 0 Å². The second-order valence-electron chi connectivity index (χ2n) is 6.43. The van der Waals surface area contributed by atoms with Crippen LogP contribution in [0.3, 0.4) is 0 Å². The average molecular weight is 297 g/mol. The second kappa shape index (κ2) is 7.36. The highest BCUT2D eigenvalue weighted by Gasteiger charge is 2.29. The highest BCUT2D eigenvalue weighted by Crippen LogP contribution is 2.33. The van der Waals surface area contributed by atoms with Gasteiger partial charge in [-0.3, -0.25) is 4.79 Å². The molecule has 1 amide bonds. The minimum atomic E-state index is 0.206. The Morgan fingerprint density at radius 3 is 2.10 bits per heavy atom. The summed E-state index contributed by atoms with van der Waals surface area (Å²) in [4.78, 5) is 16.8. The van der Waals surface area contributed by atoms with E-state index >= 15 is 0 Å². The molecule has 0 aromatic heterocycles. The molecule has 5 heteroatoms. The summed E-state index contributed by atoms with van der Waals surface area (Å²) < 4.78 is 0. The van der Waals surface area contributed by atoms with Crippen molar-refractivity contribution in [2.24, 2.45) is 17.6 Å². The van der Waals surface area contributed by atoms with Gasteiger partial charge in [0.25, 0.3) is 0 Å². The Hall–Kier alpha value is -0.680.